The van der Waals surface area contributed by atoms with E-state index in [1.807, 2.05) is 0 Å². The van der Waals surface area contributed by atoms with Crippen molar-refractivity contribution in [2.75, 3.05) is 0 Å². The lowest BCUT2D eigenvalue weighted by Gasteiger charge is -2.34. The van der Waals surface area contributed by atoms with Crippen LogP contribution in [0.3, 0.4) is 0 Å². The van der Waals surface area contributed by atoms with Crippen molar-refractivity contribution in [3.05, 3.63) is 90.5 Å². The molecule has 0 aliphatic carbocycles. The van der Waals surface area contributed by atoms with Crippen LogP contribution in [0.25, 0.3) is 0 Å². The van der Waals surface area contributed by atoms with Gasteiger partial charge in [-0.1, -0.05) is 100 Å². The van der Waals surface area contributed by atoms with Gasteiger partial charge in [0, 0.05) is 5.41 Å². The van der Waals surface area contributed by atoms with Gasteiger partial charge in [-0.3, -0.25) is 0 Å². The number of hydrogen-bond donors (Lipinski definition) is 0. The highest BCUT2D eigenvalue weighted by molar-refractivity contribution is 5.30. The Balaban J connectivity index is 1.72. The molecular formula is C28H39N2+. The molecule has 30 heavy (non-hydrogen) atoms. The Morgan fingerprint density at radius 3 is 2.20 bits per heavy atom. The molecule has 0 fully saturated rings. The van der Waals surface area contributed by atoms with Crippen molar-refractivity contribution in [2.45, 2.75) is 83.7 Å². The highest BCUT2D eigenvalue weighted by Crippen LogP contribution is 2.38. The molecule has 3 aromatic rings. The minimum Gasteiger partial charge on any atom is -0.237 e. The van der Waals surface area contributed by atoms with Crippen molar-refractivity contribution in [2.24, 2.45) is 0 Å². The second-order valence-corrected chi connectivity index (χ2v) is 8.99. The fourth-order valence-corrected chi connectivity index (χ4v) is 4.51. The molecule has 2 aromatic carbocycles. The summed E-state index contributed by atoms with van der Waals surface area (Å²) in [4.78, 5) is 0. The zero-order valence-corrected chi connectivity index (χ0v) is 19.1. The van der Waals surface area contributed by atoms with Gasteiger partial charge in [0.15, 0.2) is 0 Å². The Morgan fingerprint density at radius 2 is 1.50 bits per heavy atom. The fraction of sp³-hybridized carbons (Fsp3) is 0.464. The molecule has 0 radical (unpaired) electrons. The van der Waals surface area contributed by atoms with Crippen LogP contribution in [-0.2, 0) is 18.4 Å². The molecule has 0 aliphatic heterocycles. The summed E-state index contributed by atoms with van der Waals surface area (Å²) in [6.07, 6.45) is 15.9. The predicted octanol–water partition coefficient (Wildman–Crippen LogP) is 6.90. The summed E-state index contributed by atoms with van der Waals surface area (Å²) in [5, 5.41) is 0. The molecule has 0 aliphatic rings. The largest absolute Gasteiger partial charge is 0.243 e. The van der Waals surface area contributed by atoms with Crippen molar-refractivity contribution in [3.63, 3.8) is 0 Å². The minimum atomic E-state index is 0.0135. The quantitative estimate of drug-likeness (QED) is 0.230. The molecule has 2 nitrogen and oxygen atoms in total. The lowest BCUT2D eigenvalue weighted by Crippen LogP contribution is -2.36. The fourth-order valence-electron chi connectivity index (χ4n) is 4.51. The zero-order valence-electron chi connectivity index (χ0n) is 19.1. The molecule has 0 bridgehead atoms. The maximum atomic E-state index is 2.41. The van der Waals surface area contributed by atoms with Gasteiger partial charge in [-0.15, -0.1) is 0 Å². The third-order valence-electron chi connectivity index (χ3n) is 6.70. The van der Waals surface area contributed by atoms with E-state index in [1.165, 1.54) is 49.7 Å². The van der Waals surface area contributed by atoms with E-state index < -0.39 is 0 Å². The highest BCUT2D eigenvalue weighted by atomic mass is 15.1. The van der Waals surface area contributed by atoms with E-state index in [9.17, 15) is 0 Å². The summed E-state index contributed by atoms with van der Waals surface area (Å²) in [6.45, 7) is 8.18. The van der Waals surface area contributed by atoms with Crippen LogP contribution in [0.15, 0.2) is 79.4 Å². The molecule has 0 saturated carbocycles. The van der Waals surface area contributed by atoms with Gasteiger partial charge < -0.3 is 0 Å². The number of benzene rings is 2. The van der Waals surface area contributed by atoms with Gasteiger partial charge in [0.25, 0.3) is 0 Å². The van der Waals surface area contributed by atoms with E-state index in [-0.39, 0.29) is 5.41 Å². The standard InChI is InChI=1S/C28H39N2/c1-4-5-6-7-8-15-20-29-21-22-30(24-29)25(2)28(3,27-18-13-10-14-19-27)23-26-16-11-9-12-17-26/h9-14,16-19,21-22,24-25H,4-8,15,20,23H2,1-3H3/q+1. The van der Waals surface area contributed by atoms with E-state index in [4.69, 9.17) is 0 Å². The molecule has 2 unspecified atom stereocenters. The summed E-state index contributed by atoms with van der Waals surface area (Å²) in [5.41, 5.74) is 2.81. The lowest BCUT2D eigenvalue weighted by atomic mass is 9.72. The maximum Gasteiger partial charge on any atom is 0.243 e. The van der Waals surface area contributed by atoms with Crippen LogP contribution < -0.4 is 4.57 Å². The Kier molecular flexibility index (Phi) is 8.30. The van der Waals surface area contributed by atoms with Gasteiger partial charge in [-0.2, -0.15) is 0 Å². The number of imidazole rings is 1. The highest BCUT2D eigenvalue weighted by Gasteiger charge is 2.37. The van der Waals surface area contributed by atoms with Crippen molar-refractivity contribution in [1.82, 2.24) is 4.57 Å². The van der Waals surface area contributed by atoms with Crippen molar-refractivity contribution >= 4 is 0 Å². The van der Waals surface area contributed by atoms with E-state index in [2.05, 4.69) is 109 Å². The SMILES string of the molecule is CCCCCCCC[n+]1ccn(C(C)C(C)(Cc2ccccc2)c2ccccc2)c1. The van der Waals surface area contributed by atoms with Crippen LogP contribution >= 0.6 is 0 Å². The maximum absolute atomic E-state index is 2.41. The summed E-state index contributed by atoms with van der Waals surface area (Å²) in [5.74, 6) is 0. The average Bonchev–Trinajstić information content (AvgIpc) is 3.25. The molecule has 160 valence electrons. The third kappa shape index (κ3) is 5.84. The van der Waals surface area contributed by atoms with Gasteiger partial charge in [0.1, 0.15) is 18.4 Å². The number of nitrogens with zero attached hydrogens (tertiary/aromatic N) is 2. The number of hydrogen-bond acceptors (Lipinski definition) is 0. The minimum absolute atomic E-state index is 0.0135. The third-order valence-corrected chi connectivity index (χ3v) is 6.70. The van der Waals surface area contributed by atoms with Crippen LogP contribution in [-0.4, -0.2) is 4.57 Å². The first kappa shape index (κ1) is 22.3. The second kappa shape index (κ2) is 11.2. The summed E-state index contributed by atoms with van der Waals surface area (Å²) in [6, 6.07) is 22.3. The average molecular weight is 404 g/mol. The Morgan fingerprint density at radius 1 is 0.867 bits per heavy atom. The molecule has 2 atom stereocenters. The first-order valence-corrected chi connectivity index (χ1v) is 11.8. The van der Waals surface area contributed by atoms with Gasteiger partial charge in [-0.25, -0.2) is 9.13 Å². The van der Waals surface area contributed by atoms with Crippen LogP contribution in [0.1, 0.15) is 76.5 Å². The monoisotopic (exact) mass is 403 g/mol. The van der Waals surface area contributed by atoms with Crippen molar-refractivity contribution < 1.29 is 4.57 Å². The summed E-state index contributed by atoms with van der Waals surface area (Å²) < 4.78 is 4.78. The Labute approximate surface area is 183 Å². The van der Waals surface area contributed by atoms with Crippen LogP contribution in [0.5, 0.6) is 0 Å². The van der Waals surface area contributed by atoms with Crippen LogP contribution in [0.4, 0.5) is 0 Å². The number of unbranched alkanes of at least 4 members (excludes halogenated alkanes) is 5. The predicted molar refractivity (Wildman–Crippen MR) is 127 cm³/mol. The number of aromatic nitrogens is 2. The second-order valence-electron chi connectivity index (χ2n) is 8.99. The molecule has 1 heterocycles. The van der Waals surface area contributed by atoms with Crippen molar-refractivity contribution in [3.8, 4) is 0 Å². The molecule has 1 aromatic heterocycles. The van der Waals surface area contributed by atoms with E-state index in [0.29, 0.717) is 6.04 Å². The van der Waals surface area contributed by atoms with Gasteiger partial charge >= 0.3 is 0 Å². The molecule has 0 N–H and O–H groups in total. The van der Waals surface area contributed by atoms with Crippen LogP contribution in [0.2, 0.25) is 0 Å². The Bertz CT molecular complexity index is 853. The van der Waals surface area contributed by atoms with Gasteiger partial charge in [0.2, 0.25) is 6.33 Å². The van der Waals surface area contributed by atoms with Gasteiger partial charge in [0.05, 0.1) is 6.54 Å². The van der Waals surface area contributed by atoms with Gasteiger partial charge in [-0.05, 0) is 37.3 Å². The Hall–Kier alpha value is -2.35. The van der Waals surface area contributed by atoms with Crippen LogP contribution in [0, 0.1) is 0 Å². The number of aryl methyl sites for hydroxylation is 1. The molecule has 0 amide bonds. The zero-order chi connectivity index (χ0) is 21.2. The molecule has 0 spiro atoms. The first-order chi connectivity index (χ1) is 14.6. The lowest BCUT2D eigenvalue weighted by molar-refractivity contribution is -0.697. The molecule has 3 rings (SSSR count). The first-order valence-electron chi connectivity index (χ1n) is 11.8. The van der Waals surface area contributed by atoms with E-state index in [0.717, 1.165) is 13.0 Å². The normalized spacial score (nSPS) is 14.4. The molecule has 2 heteroatoms. The van der Waals surface area contributed by atoms with E-state index in [1.54, 1.807) is 0 Å². The van der Waals surface area contributed by atoms with Crippen molar-refractivity contribution in [1.29, 1.82) is 0 Å². The molecule has 0 saturated heterocycles. The summed E-state index contributed by atoms with van der Waals surface area (Å²) in [7, 11) is 0. The summed E-state index contributed by atoms with van der Waals surface area (Å²) >= 11 is 0. The molecular weight excluding hydrogens is 364 g/mol. The topological polar surface area (TPSA) is 8.81 Å². The van der Waals surface area contributed by atoms with E-state index >= 15 is 0 Å². The smallest absolute Gasteiger partial charge is 0.237 e. The number of rotatable bonds is 12.